The van der Waals surface area contributed by atoms with E-state index in [-0.39, 0.29) is 0 Å². The number of aliphatic hydroxyl groups excluding tert-OH is 1. The summed E-state index contributed by atoms with van der Waals surface area (Å²) >= 11 is 4.84. The van der Waals surface area contributed by atoms with Crippen molar-refractivity contribution in [3.8, 4) is 0 Å². The molecule has 1 unspecified atom stereocenters. The van der Waals surface area contributed by atoms with E-state index in [1.807, 2.05) is 0 Å². The quantitative estimate of drug-likeness (QED) is 0.700. The molecule has 11 heavy (non-hydrogen) atoms. The summed E-state index contributed by atoms with van der Waals surface area (Å²) in [5, 5.41) is 8.36. The van der Waals surface area contributed by atoms with Gasteiger partial charge in [0.2, 0.25) is 0 Å². The third kappa shape index (κ3) is 4.15. The molecule has 1 N–H and O–H groups in total. The van der Waals surface area contributed by atoms with Crippen LogP contribution < -0.4 is 0 Å². The third-order valence-corrected chi connectivity index (χ3v) is 2.79. The van der Waals surface area contributed by atoms with Gasteiger partial charge in [-0.25, -0.2) is 0 Å². The molecule has 0 saturated heterocycles. The van der Waals surface area contributed by atoms with Crippen molar-refractivity contribution in [1.29, 1.82) is 0 Å². The molecule has 1 aliphatic rings. The second-order valence-electron chi connectivity index (χ2n) is 3.46. The molecule has 0 spiro atoms. The van der Waals surface area contributed by atoms with Crippen molar-refractivity contribution in [3.05, 3.63) is 0 Å². The van der Waals surface area contributed by atoms with E-state index in [2.05, 4.69) is 0 Å². The van der Waals surface area contributed by atoms with E-state index < -0.39 is 5.00 Å². The summed E-state index contributed by atoms with van der Waals surface area (Å²) in [6.45, 7) is 0. The molecule has 1 aliphatic carbocycles. The molecule has 0 heterocycles. The summed E-state index contributed by atoms with van der Waals surface area (Å²) in [6, 6.07) is 0. The van der Waals surface area contributed by atoms with Crippen molar-refractivity contribution in [2.75, 3.05) is 0 Å². The van der Waals surface area contributed by atoms with Crippen LogP contribution in [0.5, 0.6) is 0 Å². The molecule has 0 aromatic carbocycles. The zero-order valence-electron chi connectivity index (χ0n) is 6.85. The Morgan fingerprint density at radius 1 is 1.27 bits per heavy atom. The summed E-state index contributed by atoms with van der Waals surface area (Å²) in [7, 11) is 0. The Labute approximate surface area is 77.4 Å². The average Bonchev–Trinajstić information content (AvgIpc) is 2.03. The van der Waals surface area contributed by atoms with Crippen molar-refractivity contribution in [1.82, 2.24) is 0 Å². The van der Waals surface area contributed by atoms with Crippen LogP contribution in [0, 0.1) is 5.92 Å². The number of aliphatic hydroxyl groups is 1. The Bertz CT molecular complexity index is 97.7. The predicted octanol–water partition coefficient (Wildman–Crippen LogP) is 2.21. The summed E-state index contributed by atoms with van der Waals surface area (Å²) in [5.74, 6) is 0.859. The molecule has 0 aromatic heterocycles. The second-order valence-corrected chi connectivity index (χ2v) is 4.09. The van der Waals surface area contributed by atoms with Crippen LogP contribution >= 0.6 is 0 Å². The van der Waals surface area contributed by atoms with Crippen LogP contribution in [-0.2, 0) is 16.0 Å². The predicted molar refractivity (Wildman–Crippen MR) is 41.8 cm³/mol. The fraction of sp³-hybridized carbons (Fsp3) is 1.00. The molecule has 0 amide bonds. The zero-order valence-corrected chi connectivity index (χ0v) is 7.79. The van der Waals surface area contributed by atoms with E-state index in [4.69, 9.17) is 21.1 Å². The van der Waals surface area contributed by atoms with Crippen LogP contribution in [0.3, 0.4) is 0 Å². The van der Waals surface area contributed by atoms with E-state index >= 15 is 0 Å². The number of hydrogen-bond acceptors (Lipinski definition) is 1. The SMILES string of the molecule is O[CH]([Cu])CCC1CCCCC1. The maximum atomic E-state index is 8.89. The van der Waals surface area contributed by atoms with E-state index in [9.17, 15) is 0 Å². The van der Waals surface area contributed by atoms with Gasteiger partial charge < -0.3 is 0 Å². The Hall–Kier alpha value is 0.479. The topological polar surface area (TPSA) is 20.2 Å². The molecular weight excluding hydrogens is 188 g/mol. The molecule has 1 fully saturated rings. The van der Waals surface area contributed by atoms with Crippen LogP contribution in [0.15, 0.2) is 0 Å². The number of hydrogen-bond donors (Lipinski definition) is 1. The minimum absolute atomic E-state index is 0.524. The minimum atomic E-state index is -0.524. The third-order valence-electron chi connectivity index (χ3n) is 2.52. The molecule has 0 aromatic rings. The van der Waals surface area contributed by atoms with Crippen molar-refractivity contribution < 1.29 is 21.1 Å². The molecule has 1 atom stereocenters. The second kappa shape index (κ2) is 5.18. The van der Waals surface area contributed by atoms with Crippen molar-refractivity contribution in [3.63, 3.8) is 0 Å². The fourth-order valence-electron chi connectivity index (χ4n) is 1.84. The molecular formula is C9H17CuO. The Morgan fingerprint density at radius 2 is 1.91 bits per heavy atom. The fourth-order valence-corrected chi connectivity index (χ4v) is 1.99. The first-order valence-corrected chi connectivity index (χ1v) is 5.11. The van der Waals surface area contributed by atoms with Gasteiger partial charge in [-0.2, -0.15) is 0 Å². The molecule has 0 radical (unpaired) electrons. The summed E-state index contributed by atoms with van der Waals surface area (Å²) in [5.41, 5.74) is 0. The van der Waals surface area contributed by atoms with Gasteiger partial charge in [0.15, 0.2) is 0 Å². The molecule has 1 nitrogen and oxygen atoms in total. The Balaban J connectivity index is 2.05. The van der Waals surface area contributed by atoms with Crippen molar-refractivity contribution in [2.45, 2.75) is 49.9 Å². The Kier molecular flexibility index (Phi) is 4.51. The van der Waals surface area contributed by atoms with Crippen LogP contribution in [0.4, 0.5) is 0 Å². The first-order valence-electron chi connectivity index (χ1n) is 4.57. The normalized spacial score (nSPS) is 23.5. The van der Waals surface area contributed by atoms with E-state index in [0.29, 0.717) is 0 Å². The van der Waals surface area contributed by atoms with E-state index in [0.717, 1.165) is 18.8 Å². The zero-order chi connectivity index (χ0) is 8.10. The average molecular weight is 205 g/mol. The maximum absolute atomic E-state index is 8.89. The monoisotopic (exact) mass is 204 g/mol. The first-order chi connectivity index (χ1) is 5.29. The van der Waals surface area contributed by atoms with Crippen molar-refractivity contribution in [2.24, 2.45) is 5.92 Å². The summed E-state index contributed by atoms with van der Waals surface area (Å²) in [4.78, 5) is 0. The molecule has 1 saturated carbocycles. The first kappa shape index (κ1) is 9.57. The van der Waals surface area contributed by atoms with Gasteiger partial charge >= 0.3 is 77.0 Å². The van der Waals surface area contributed by atoms with Crippen LogP contribution in [-0.4, -0.2) is 10.1 Å². The molecule has 70 valence electrons. The van der Waals surface area contributed by atoms with Gasteiger partial charge in [-0.3, -0.25) is 0 Å². The van der Waals surface area contributed by atoms with Gasteiger partial charge in [-0.05, 0) is 0 Å². The van der Waals surface area contributed by atoms with Gasteiger partial charge in [0.05, 0.1) is 0 Å². The summed E-state index contributed by atoms with van der Waals surface area (Å²) < 4.78 is 0. The van der Waals surface area contributed by atoms with Gasteiger partial charge in [0, 0.05) is 0 Å². The standard InChI is InChI=1S/C9H17O.Cu/c10-8-4-7-9-5-2-1-3-6-9;/h8-10H,1-7H2;. The van der Waals surface area contributed by atoms with Crippen LogP contribution in [0.25, 0.3) is 0 Å². The van der Waals surface area contributed by atoms with E-state index in [1.165, 1.54) is 32.1 Å². The van der Waals surface area contributed by atoms with Gasteiger partial charge in [-0.1, -0.05) is 0 Å². The van der Waals surface area contributed by atoms with Crippen LogP contribution in [0.2, 0.25) is 0 Å². The molecule has 2 heteroatoms. The van der Waals surface area contributed by atoms with Gasteiger partial charge in [0.25, 0.3) is 0 Å². The van der Waals surface area contributed by atoms with E-state index in [1.54, 1.807) is 0 Å². The van der Waals surface area contributed by atoms with Gasteiger partial charge in [-0.15, -0.1) is 0 Å². The molecule has 0 aliphatic heterocycles. The summed E-state index contributed by atoms with van der Waals surface area (Å²) in [6.07, 6.45) is 8.85. The molecule has 1 rings (SSSR count). The van der Waals surface area contributed by atoms with Crippen molar-refractivity contribution >= 4 is 0 Å². The van der Waals surface area contributed by atoms with Crippen LogP contribution in [0.1, 0.15) is 44.9 Å². The van der Waals surface area contributed by atoms with Gasteiger partial charge in [0.1, 0.15) is 0 Å². The number of rotatable bonds is 3. The molecule has 0 bridgehead atoms. The Morgan fingerprint density at radius 3 is 2.45 bits per heavy atom.